The number of anilines is 4. The number of carbonyl (C=O) groups excluding carboxylic acids is 6. The van der Waals surface area contributed by atoms with E-state index >= 15 is 0 Å². The van der Waals surface area contributed by atoms with Crippen LogP contribution in [0.25, 0.3) is 10.9 Å². The van der Waals surface area contributed by atoms with Gasteiger partial charge in [0.2, 0.25) is 5.91 Å². The Labute approximate surface area is 416 Å². The summed E-state index contributed by atoms with van der Waals surface area (Å²) >= 11 is 0. The van der Waals surface area contributed by atoms with Crippen molar-refractivity contribution in [1.29, 1.82) is 0 Å². The van der Waals surface area contributed by atoms with Gasteiger partial charge in [-0.2, -0.15) is 5.10 Å². The molecule has 4 aromatic carbocycles. The zero-order valence-electron chi connectivity index (χ0n) is 40.3. The van der Waals surface area contributed by atoms with Crippen molar-refractivity contribution in [3.63, 3.8) is 0 Å². The van der Waals surface area contributed by atoms with E-state index in [1.54, 1.807) is 18.2 Å². The highest BCUT2D eigenvalue weighted by molar-refractivity contribution is 6.24. The lowest BCUT2D eigenvalue weighted by Crippen LogP contribution is -2.49. The lowest BCUT2D eigenvalue weighted by Gasteiger charge is -2.36. The van der Waals surface area contributed by atoms with E-state index in [1.165, 1.54) is 12.1 Å². The smallest absolute Gasteiger partial charge is 0.262 e. The molecule has 18 heteroatoms. The maximum Gasteiger partial charge on any atom is 0.262 e. The number of piperazine rings is 1. The first-order valence-electron chi connectivity index (χ1n) is 25.2. The summed E-state index contributed by atoms with van der Waals surface area (Å²) in [6, 6.07) is 19.1. The third-order valence-corrected chi connectivity index (χ3v) is 14.0. The fourth-order valence-electron chi connectivity index (χ4n) is 10.1. The molecule has 0 bridgehead atoms. The van der Waals surface area contributed by atoms with Gasteiger partial charge < -0.3 is 30.9 Å². The number of H-pyrrole nitrogens is 1. The van der Waals surface area contributed by atoms with E-state index in [2.05, 4.69) is 41.3 Å². The normalized spacial score (nSPS) is 17.7. The Morgan fingerprint density at radius 1 is 0.750 bits per heavy atom. The highest BCUT2D eigenvalue weighted by Gasteiger charge is 2.44. The molecule has 16 nitrogen and oxygen atoms in total. The molecule has 0 spiro atoms. The Morgan fingerprint density at radius 3 is 2.25 bits per heavy atom. The predicted octanol–water partition coefficient (Wildman–Crippen LogP) is 7.25. The van der Waals surface area contributed by atoms with E-state index in [-0.39, 0.29) is 59.8 Å². The van der Waals surface area contributed by atoms with Crippen molar-refractivity contribution in [2.24, 2.45) is 0 Å². The minimum atomic E-state index is -0.879. The lowest BCUT2D eigenvalue weighted by molar-refractivity contribution is -0.132. The fourth-order valence-corrected chi connectivity index (χ4v) is 10.1. The minimum Gasteiger partial charge on any atom is -0.385 e. The fraction of sp³-hybridized carbons (Fsp3) is 0.426. The van der Waals surface area contributed by atoms with Gasteiger partial charge in [0.15, 0.2) is 11.6 Å². The van der Waals surface area contributed by atoms with Gasteiger partial charge in [0, 0.05) is 93.5 Å². The van der Waals surface area contributed by atoms with Crippen LogP contribution in [0.2, 0.25) is 0 Å². The second-order valence-corrected chi connectivity index (χ2v) is 19.3. The van der Waals surface area contributed by atoms with Crippen LogP contribution in [-0.4, -0.2) is 126 Å². The summed E-state index contributed by atoms with van der Waals surface area (Å²) in [4.78, 5) is 82.7. The average Bonchev–Trinajstić information content (AvgIpc) is 3.87. The molecular formula is C54H61F2N9O7. The topological polar surface area (TPSA) is 198 Å². The van der Waals surface area contributed by atoms with Gasteiger partial charge in [0.1, 0.15) is 17.4 Å². The number of nitrogens with one attached hydrogen (secondary N) is 5. The number of carbonyl (C=O) groups is 6. The van der Waals surface area contributed by atoms with E-state index in [4.69, 9.17) is 4.74 Å². The first-order chi connectivity index (χ1) is 34.9. The van der Waals surface area contributed by atoms with Crippen molar-refractivity contribution in [2.75, 3.05) is 79.9 Å². The number of ketones is 2. The Morgan fingerprint density at radius 2 is 1.49 bits per heavy atom. The minimum absolute atomic E-state index is 0.0139. The standard InChI is InChI=1S/C54H61F2N9O7/c55-36-26-35(27-37(56)29-36)25-34-7-13-46-45(28-34)51(62-61-46)60-52(69)43-12-9-40(31-47(43)59-38-15-23-72-24-16-38)64-21-19-63(20-22-64)33-50(68)58-18-6-4-2-1-3-5-17-57-39-8-11-42-44(30-39)54(71)65(53(42)70)48-14-10-41(66)32-49(48)67/h7-9,11-13,26-31,38,48,57,59H,1-6,10,14-25,32-33H2,(H,58,68)(H2,60,61,62,69). The molecule has 1 aromatic heterocycles. The molecule has 4 heterocycles. The van der Waals surface area contributed by atoms with Crippen LogP contribution in [-0.2, 0) is 25.5 Å². The number of aromatic amines is 1. The van der Waals surface area contributed by atoms with E-state index in [0.29, 0.717) is 85.9 Å². The summed E-state index contributed by atoms with van der Waals surface area (Å²) in [5, 5.41) is 21.1. The third kappa shape index (κ3) is 12.2. The van der Waals surface area contributed by atoms with Crippen molar-refractivity contribution >= 4 is 69.0 Å². The lowest BCUT2D eigenvalue weighted by atomic mass is 9.92. The van der Waals surface area contributed by atoms with Gasteiger partial charge >= 0.3 is 0 Å². The third-order valence-electron chi connectivity index (χ3n) is 14.0. The average molecular weight is 986 g/mol. The van der Waals surface area contributed by atoms with Crippen LogP contribution in [0.5, 0.6) is 0 Å². The van der Waals surface area contributed by atoms with Crippen LogP contribution in [0.15, 0.2) is 72.8 Å². The second kappa shape index (κ2) is 23.0. The van der Waals surface area contributed by atoms with E-state index in [0.717, 1.165) is 92.4 Å². The molecule has 3 fully saturated rings. The van der Waals surface area contributed by atoms with Crippen molar-refractivity contribution in [2.45, 2.75) is 89.1 Å². The molecule has 1 saturated carbocycles. The Kier molecular flexibility index (Phi) is 15.9. The van der Waals surface area contributed by atoms with Crippen LogP contribution < -0.4 is 26.2 Å². The molecule has 9 rings (SSSR count). The number of hydrogen-bond acceptors (Lipinski definition) is 12. The molecule has 378 valence electrons. The monoisotopic (exact) mass is 985 g/mol. The van der Waals surface area contributed by atoms with Gasteiger partial charge in [0.25, 0.3) is 17.7 Å². The van der Waals surface area contributed by atoms with Crippen LogP contribution in [0.4, 0.5) is 31.7 Å². The van der Waals surface area contributed by atoms with E-state index in [1.807, 2.05) is 36.4 Å². The summed E-state index contributed by atoms with van der Waals surface area (Å²) in [7, 11) is 0. The molecule has 3 aliphatic heterocycles. The SMILES string of the molecule is O=C1CCC(N2C(=O)c3ccc(NCCCCCCCCNC(=O)CN4CCN(c5ccc(C(=O)Nc6n[nH]c7ccc(Cc8cc(F)cc(F)c8)cc67)c(NC6CCOCC6)c5)CC4)cc3C2=O)C(=O)C1. The molecule has 1 unspecified atom stereocenters. The molecule has 0 radical (unpaired) electrons. The molecule has 5 aromatic rings. The van der Waals surface area contributed by atoms with Crippen LogP contribution in [0, 0.1) is 11.6 Å². The Hall–Kier alpha value is -7.05. The molecule has 2 saturated heterocycles. The maximum absolute atomic E-state index is 14.0. The van der Waals surface area contributed by atoms with Gasteiger partial charge in [-0.25, -0.2) is 8.78 Å². The van der Waals surface area contributed by atoms with Crippen LogP contribution in [0.1, 0.15) is 113 Å². The number of nitrogens with zero attached hydrogens (tertiary/aromatic N) is 4. The van der Waals surface area contributed by atoms with Gasteiger partial charge in [-0.15, -0.1) is 0 Å². The van der Waals surface area contributed by atoms with Crippen LogP contribution in [0.3, 0.4) is 0 Å². The highest BCUT2D eigenvalue weighted by atomic mass is 19.1. The Bertz CT molecular complexity index is 2820. The summed E-state index contributed by atoms with van der Waals surface area (Å²) < 4.78 is 33.4. The van der Waals surface area contributed by atoms with Crippen molar-refractivity contribution in [3.05, 3.63) is 112 Å². The van der Waals surface area contributed by atoms with Gasteiger partial charge in [-0.05, 0) is 110 Å². The number of amides is 4. The van der Waals surface area contributed by atoms with E-state index < -0.39 is 29.5 Å². The summed E-state index contributed by atoms with van der Waals surface area (Å²) in [5.74, 6) is -2.74. The number of fused-ring (bicyclic) bond motifs is 2. The number of Topliss-reactive ketones (excluding diaryl/α,β-unsaturated/α-hetero) is 2. The number of unbranched alkanes of at least 4 members (excludes halogenated alkanes) is 5. The second-order valence-electron chi connectivity index (χ2n) is 19.3. The number of hydrogen-bond donors (Lipinski definition) is 5. The number of aromatic nitrogens is 2. The number of halogens is 2. The van der Waals surface area contributed by atoms with Gasteiger partial charge in [-0.3, -0.25) is 43.7 Å². The molecule has 4 aliphatic rings. The maximum atomic E-state index is 14.0. The largest absolute Gasteiger partial charge is 0.385 e. The zero-order valence-corrected chi connectivity index (χ0v) is 40.3. The molecule has 72 heavy (non-hydrogen) atoms. The molecule has 5 N–H and O–H groups in total. The quantitative estimate of drug-likeness (QED) is 0.0298. The summed E-state index contributed by atoms with van der Waals surface area (Å²) in [6.07, 6.45) is 8.03. The Balaban J connectivity index is 0.683. The van der Waals surface area contributed by atoms with Crippen molar-refractivity contribution in [1.82, 2.24) is 25.3 Å². The van der Waals surface area contributed by atoms with Crippen molar-refractivity contribution in [3.8, 4) is 0 Å². The number of imide groups is 1. The van der Waals surface area contributed by atoms with Gasteiger partial charge in [-0.1, -0.05) is 31.7 Å². The zero-order chi connectivity index (χ0) is 50.1. The van der Waals surface area contributed by atoms with E-state index in [9.17, 15) is 37.5 Å². The first-order valence-corrected chi connectivity index (χ1v) is 25.2. The molecule has 1 atom stereocenters. The van der Waals surface area contributed by atoms with Crippen LogP contribution >= 0.6 is 0 Å². The number of ether oxygens (including phenoxy) is 1. The number of rotatable bonds is 20. The number of benzene rings is 4. The van der Waals surface area contributed by atoms with Gasteiger partial charge in [0.05, 0.1) is 41.2 Å². The van der Waals surface area contributed by atoms with Crippen molar-refractivity contribution < 1.29 is 42.3 Å². The summed E-state index contributed by atoms with van der Waals surface area (Å²) in [6.45, 7) is 5.80. The molecule has 1 aliphatic carbocycles. The summed E-state index contributed by atoms with van der Waals surface area (Å²) in [5.41, 5.74) is 5.47. The highest BCUT2D eigenvalue weighted by Crippen LogP contribution is 2.32. The molecule has 4 amide bonds. The molecular weight excluding hydrogens is 925 g/mol. The predicted molar refractivity (Wildman–Crippen MR) is 270 cm³/mol. The first kappa shape index (κ1) is 49.9.